The lowest BCUT2D eigenvalue weighted by Crippen LogP contribution is -1.87. The van der Waals surface area contributed by atoms with Crippen LogP contribution in [0.25, 0.3) is 45.4 Å². The SMILES string of the molecule is N#C/C(=C/c1cccc(/C=C(/C#N)c2nc3ccccc3[nH]2)c1)c1nc2ccccc2[nH]1. The van der Waals surface area contributed by atoms with Crippen LogP contribution >= 0.6 is 0 Å². The number of rotatable bonds is 4. The molecule has 0 aliphatic heterocycles. The monoisotopic (exact) mass is 412 g/mol. The Balaban J connectivity index is 1.50. The zero-order chi connectivity index (χ0) is 21.9. The molecule has 0 fully saturated rings. The van der Waals surface area contributed by atoms with Crippen LogP contribution in [0.2, 0.25) is 0 Å². The molecule has 0 spiro atoms. The lowest BCUT2D eigenvalue weighted by atomic mass is 10.1. The van der Waals surface area contributed by atoms with E-state index in [1.165, 1.54) is 0 Å². The first-order chi connectivity index (χ1) is 15.7. The molecular weight excluding hydrogens is 396 g/mol. The summed E-state index contributed by atoms with van der Waals surface area (Å²) in [6, 6.07) is 27.4. The molecular formula is C26H16N6. The number of para-hydroxylation sites is 4. The van der Waals surface area contributed by atoms with Crippen LogP contribution in [0.3, 0.4) is 0 Å². The third kappa shape index (κ3) is 3.65. The number of hydrogen-bond acceptors (Lipinski definition) is 4. The molecule has 0 aliphatic rings. The Kier molecular flexibility index (Phi) is 4.80. The minimum Gasteiger partial charge on any atom is -0.337 e. The molecule has 5 rings (SSSR count). The van der Waals surface area contributed by atoms with Crippen LogP contribution in [0.5, 0.6) is 0 Å². The minimum absolute atomic E-state index is 0.431. The van der Waals surface area contributed by atoms with E-state index in [1.54, 1.807) is 12.2 Å². The Bertz CT molecular complexity index is 1420. The maximum absolute atomic E-state index is 9.69. The smallest absolute Gasteiger partial charge is 0.149 e. The van der Waals surface area contributed by atoms with E-state index in [9.17, 15) is 10.5 Å². The molecule has 2 aromatic heterocycles. The highest BCUT2D eigenvalue weighted by Gasteiger charge is 2.09. The molecule has 5 aromatic rings. The first-order valence-corrected chi connectivity index (χ1v) is 9.97. The third-order valence-corrected chi connectivity index (χ3v) is 5.06. The van der Waals surface area contributed by atoms with Gasteiger partial charge in [-0.25, -0.2) is 9.97 Å². The summed E-state index contributed by atoms with van der Waals surface area (Å²) >= 11 is 0. The van der Waals surface area contributed by atoms with E-state index in [4.69, 9.17) is 0 Å². The van der Waals surface area contributed by atoms with Crippen molar-refractivity contribution in [2.75, 3.05) is 0 Å². The summed E-state index contributed by atoms with van der Waals surface area (Å²) in [6.07, 6.45) is 3.56. The van der Waals surface area contributed by atoms with Crippen LogP contribution < -0.4 is 0 Å². The van der Waals surface area contributed by atoms with E-state index in [-0.39, 0.29) is 0 Å². The second kappa shape index (κ2) is 8.06. The number of allylic oxidation sites excluding steroid dienone is 2. The number of aromatic nitrogens is 4. The number of imidazole rings is 2. The van der Waals surface area contributed by atoms with E-state index in [1.807, 2.05) is 72.8 Å². The van der Waals surface area contributed by atoms with Crippen molar-refractivity contribution in [1.82, 2.24) is 19.9 Å². The van der Waals surface area contributed by atoms with E-state index >= 15 is 0 Å². The fourth-order valence-corrected chi connectivity index (χ4v) is 3.54. The molecule has 0 saturated heterocycles. The molecule has 3 aromatic carbocycles. The largest absolute Gasteiger partial charge is 0.337 e. The number of benzene rings is 3. The van der Waals surface area contributed by atoms with Gasteiger partial charge in [-0.2, -0.15) is 10.5 Å². The van der Waals surface area contributed by atoms with Crippen molar-refractivity contribution in [3.05, 3.63) is 95.6 Å². The average Bonchev–Trinajstić information content (AvgIpc) is 3.45. The molecule has 2 heterocycles. The highest BCUT2D eigenvalue weighted by atomic mass is 14.9. The Morgan fingerprint density at radius 3 is 1.56 bits per heavy atom. The number of hydrogen-bond donors (Lipinski definition) is 2. The highest BCUT2D eigenvalue weighted by molar-refractivity contribution is 5.92. The summed E-state index contributed by atoms with van der Waals surface area (Å²) in [5.41, 5.74) is 5.90. The van der Waals surface area contributed by atoms with Crippen molar-refractivity contribution in [2.45, 2.75) is 0 Å². The molecule has 6 nitrogen and oxygen atoms in total. The minimum atomic E-state index is 0.431. The van der Waals surface area contributed by atoms with Gasteiger partial charge in [-0.3, -0.25) is 0 Å². The molecule has 150 valence electrons. The zero-order valence-corrected chi connectivity index (χ0v) is 16.9. The fourth-order valence-electron chi connectivity index (χ4n) is 3.54. The van der Waals surface area contributed by atoms with Gasteiger partial charge in [-0.15, -0.1) is 0 Å². The molecule has 0 aliphatic carbocycles. The molecule has 6 heteroatoms. The molecule has 0 saturated carbocycles. The maximum Gasteiger partial charge on any atom is 0.149 e. The summed E-state index contributed by atoms with van der Waals surface area (Å²) in [5, 5.41) is 19.4. The van der Waals surface area contributed by atoms with E-state index < -0.39 is 0 Å². The zero-order valence-electron chi connectivity index (χ0n) is 16.9. The first-order valence-electron chi connectivity index (χ1n) is 9.97. The van der Waals surface area contributed by atoms with Crippen molar-refractivity contribution in [2.24, 2.45) is 0 Å². The van der Waals surface area contributed by atoms with Gasteiger partial charge < -0.3 is 9.97 Å². The first kappa shape index (κ1) is 19.0. The van der Waals surface area contributed by atoms with Gasteiger partial charge in [0.05, 0.1) is 33.2 Å². The van der Waals surface area contributed by atoms with Gasteiger partial charge in [0.1, 0.15) is 23.8 Å². The van der Waals surface area contributed by atoms with Gasteiger partial charge in [0, 0.05) is 0 Å². The second-order valence-corrected chi connectivity index (χ2v) is 7.21. The molecule has 0 atom stereocenters. The second-order valence-electron chi connectivity index (χ2n) is 7.21. The number of H-pyrrole nitrogens is 2. The number of aromatic amines is 2. The lowest BCUT2D eigenvalue weighted by Gasteiger charge is -2.00. The highest BCUT2D eigenvalue weighted by Crippen LogP contribution is 2.22. The van der Waals surface area contributed by atoms with E-state index in [0.717, 1.165) is 33.2 Å². The van der Waals surface area contributed by atoms with Gasteiger partial charge in [0.15, 0.2) is 0 Å². The Hall–Kier alpha value is -4.94. The van der Waals surface area contributed by atoms with Crippen LogP contribution in [0, 0.1) is 22.7 Å². The quantitative estimate of drug-likeness (QED) is 0.377. The average molecular weight is 412 g/mol. The number of nitrogens with zero attached hydrogens (tertiary/aromatic N) is 4. The number of fused-ring (bicyclic) bond motifs is 2. The summed E-state index contributed by atoms with van der Waals surface area (Å²) in [7, 11) is 0. The van der Waals surface area contributed by atoms with Crippen molar-refractivity contribution in [3.8, 4) is 12.1 Å². The summed E-state index contributed by atoms with van der Waals surface area (Å²) in [6.45, 7) is 0. The van der Waals surface area contributed by atoms with Crippen LogP contribution in [0.4, 0.5) is 0 Å². The van der Waals surface area contributed by atoms with E-state index in [0.29, 0.717) is 22.8 Å². The maximum atomic E-state index is 9.69. The fraction of sp³-hybridized carbons (Fsp3) is 0. The normalized spacial score (nSPS) is 12.1. The van der Waals surface area contributed by atoms with Crippen LogP contribution in [0.15, 0.2) is 72.8 Å². The lowest BCUT2D eigenvalue weighted by molar-refractivity contribution is 1.27. The molecule has 0 radical (unpaired) electrons. The van der Waals surface area contributed by atoms with Crippen molar-refractivity contribution < 1.29 is 0 Å². The molecule has 0 amide bonds. The van der Waals surface area contributed by atoms with Gasteiger partial charge in [0.2, 0.25) is 0 Å². The van der Waals surface area contributed by atoms with Crippen molar-refractivity contribution in [1.29, 1.82) is 10.5 Å². The van der Waals surface area contributed by atoms with E-state index in [2.05, 4.69) is 32.1 Å². The number of nitrogens with one attached hydrogen (secondary N) is 2. The molecule has 0 unspecified atom stereocenters. The predicted molar refractivity (Wildman–Crippen MR) is 126 cm³/mol. The number of nitriles is 2. The third-order valence-electron chi connectivity index (χ3n) is 5.06. The standard InChI is InChI=1S/C26H16N6/c27-15-19(25-29-21-8-1-2-9-22(21)30-25)13-17-6-5-7-18(12-17)14-20(16-28)26-31-23-10-3-4-11-24(23)32-26/h1-14H,(H,29,30)(H,31,32)/b19-13-,20-14-. The van der Waals surface area contributed by atoms with Crippen LogP contribution in [-0.2, 0) is 0 Å². The summed E-state index contributed by atoms with van der Waals surface area (Å²) in [5.74, 6) is 1.05. The van der Waals surface area contributed by atoms with Gasteiger partial charge in [-0.1, -0.05) is 42.5 Å². The summed E-state index contributed by atoms with van der Waals surface area (Å²) in [4.78, 5) is 15.4. The Morgan fingerprint density at radius 1 is 0.656 bits per heavy atom. The van der Waals surface area contributed by atoms with Crippen molar-refractivity contribution in [3.63, 3.8) is 0 Å². The van der Waals surface area contributed by atoms with Gasteiger partial charge in [0.25, 0.3) is 0 Å². The van der Waals surface area contributed by atoms with Gasteiger partial charge in [-0.05, 0) is 53.6 Å². The molecule has 2 N–H and O–H groups in total. The Morgan fingerprint density at radius 2 is 1.12 bits per heavy atom. The molecule has 0 bridgehead atoms. The van der Waals surface area contributed by atoms with Crippen LogP contribution in [0.1, 0.15) is 22.8 Å². The Labute approximate surface area is 183 Å². The molecule has 32 heavy (non-hydrogen) atoms. The van der Waals surface area contributed by atoms with Crippen molar-refractivity contribution >= 4 is 45.4 Å². The summed E-state index contributed by atoms with van der Waals surface area (Å²) < 4.78 is 0. The topological polar surface area (TPSA) is 105 Å². The van der Waals surface area contributed by atoms with Crippen LogP contribution in [-0.4, -0.2) is 19.9 Å². The van der Waals surface area contributed by atoms with Gasteiger partial charge >= 0.3 is 0 Å². The predicted octanol–water partition coefficient (Wildman–Crippen LogP) is 5.57.